The monoisotopic (exact) mass is 574 g/mol. The molecule has 1 aromatic heterocycles. The Morgan fingerprint density at radius 1 is 1.26 bits per heavy atom. The predicted octanol–water partition coefficient (Wildman–Crippen LogP) is 1.99. The van der Waals surface area contributed by atoms with Crippen LogP contribution in [0.2, 0.25) is 0 Å². The summed E-state index contributed by atoms with van der Waals surface area (Å²) in [7, 11) is 0. The molecule has 2 fully saturated rings. The van der Waals surface area contributed by atoms with Crippen LogP contribution in [0, 0.1) is 10.1 Å². The number of carbonyl (C=O) groups excluding carboxylic acids is 3. The number of esters is 1. The van der Waals surface area contributed by atoms with Crippen molar-refractivity contribution in [2.24, 2.45) is 0 Å². The van der Waals surface area contributed by atoms with Crippen LogP contribution in [0.15, 0.2) is 53.2 Å². The number of nitro groups is 1. The third kappa shape index (κ3) is 5.93. The van der Waals surface area contributed by atoms with Crippen LogP contribution in [-0.4, -0.2) is 62.4 Å². The number of aliphatic hydroxyl groups is 1. The molecular weight excluding hydrogens is 548 g/mol. The van der Waals surface area contributed by atoms with E-state index in [1.807, 2.05) is 17.5 Å². The first kappa shape index (κ1) is 27.1. The number of benzene rings is 1. The SMILES string of the molecule is O=C(Cc1cccs1)N[C@@H]1C(=O)N2C(C(=O)OCc3ccc([N+](=O)[O-])cc3)=C(NC3(O)CCCCO3)CS[C@@H]12. The second-order valence-electron chi connectivity index (χ2n) is 9.25. The maximum Gasteiger partial charge on any atom is 0.357 e. The average molecular weight is 575 g/mol. The summed E-state index contributed by atoms with van der Waals surface area (Å²) in [6.07, 6.45) is 1.95. The fourth-order valence-corrected chi connectivity index (χ4v) is 6.53. The number of amides is 2. The molecule has 5 rings (SSSR count). The molecule has 3 aliphatic rings. The fourth-order valence-electron chi connectivity index (χ4n) is 4.55. The first-order valence-corrected chi connectivity index (χ1v) is 14.2. The number of β-lactam (4-membered cyclic amide) rings is 1. The largest absolute Gasteiger partial charge is 0.456 e. The Morgan fingerprint density at radius 3 is 2.72 bits per heavy atom. The van der Waals surface area contributed by atoms with Gasteiger partial charge in [-0.2, -0.15) is 0 Å². The van der Waals surface area contributed by atoms with Crippen LogP contribution in [0.1, 0.15) is 29.7 Å². The molecule has 0 radical (unpaired) electrons. The first-order chi connectivity index (χ1) is 18.7. The van der Waals surface area contributed by atoms with E-state index in [0.29, 0.717) is 25.0 Å². The highest BCUT2D eigenvalue weighted by atomic mass is 32.2. The van der Waals surface area contributed by atoms with Gasteiger partial charge >= 0.3 is 5.97 Å². The lowest BCUT2D eigenvalue weighted by Gasteiger charge is -2.50. The molecule has 4 heterocycles. The van der Waals surface area contributed by atoms with Crippen molar-refractivity contribution in [2.45, 2.75) is 49.6 Å². The molecule has 3 N–H and O–H groups in total. The summed E-state index contributed by atoms with van der Waals surface area (Å²) in [5.41, 5.74) is 0.655. The minimum Gasteiger partial charge on any atom is -0.456 e. The van der Waals surface area contributed by atoms with Gasteiger partial charge in [-0.15, -0.1) is 23.1 Å². The van der Waals surface area contributed by atoms with Crippen molar-refractivity contribution >= 4 is 46.6 Å². The van der Waals surface area contributed by atoms with Crippen LogP contribution in [0.4, 0.5) is 5.69 Å². The lowest BCUT2D eigenvalue weighted by Crippen LogP contribution is -2.71. The molecule has 14 heteroatoms. The predicted molar refractivity (Wildman–Crippen MR) is 141 cm³/mol. The molecule has 0 aliphatic carbocycles. The Hall–Kier alpha value is -3.46. The lowest BCUT2D eigenvalue weighted by molar-refractivity contribution is -0.384. The minimum absolute atomic E-state index is 0.0583. The quantitative estimate of drug-likeness (QED) is 0.133. The number of carbonyl (C=O) groups is 3. The normalized spacial score (nSPS) is 24.4. The number of hydrogen-bond acceptors (Lipinski definition) is 11. The summed E-state index contributed by atoms with van der Waals surface area (Å²) in [6, 6.07) is 8.44. The zero-order valence-corrected chi connectivity index (χ0v) is 22.3. The zero-order chi connectivity index (χ0) is 27.6. The van der Waals surface area contributed by atoms with Crippen LogP contribution in [0.3, 0.4) is 0 Å². The Kier molecular flexibility index (Phi) is 7.88. The van der Waals surface area contributed by atoms with Crippen molar-refractivity contribution in [1.82, 2.24) is 15.5 Å². The summed E-state index contributed by atoms with van der Waals surface area (Å²) in [5.74, 6) is -3.02. The van der Waals surface area contributed by atoms with Crippen molar-refractivity contribution in [3.63, 3.8) is 0 Å². The standard InChI is InChI=1S/C25H26N4O8S2/c30-19(12-17-4-3-11-38-17)26-20-22(31)28-21(24(32)36-13-15-5-7-16(8-6-15)29(34)35)18(14-39-23(20)28)27-25(33)9-1-2-10-37-25/h3-8,11,20,23,27,33H,1-2,9-10,12-14H2,(H,26,30)/t20-,23+,25?/m1/s1. The number of nitrogens with zero attached hydrogens (tertiary/aromatic N) is 2. The van der Waals surface area contributed by atoms with Gasteiger partial charge in [0.15, 0.2) is 5.70 Å². The molecule has 0 spiro atoms. The molecular formula is C25H26N4O8S2. The maximum atomic E-state index is 13.3. The van der Waals surface area contributed by atoms with E-state index >= 15 is 0 Å². The maximum absolute atomic E-state index is 13.3. The first-order valence-electron chi connectivity index (χ1n) is 12.3. The van der Waals surface area contributed by atoms with Crippen molar-refractivity contribution in [3.8, 4) is 0 Å². The molecule has 0 saturated carbocycles. The molecule has 206 valence electrons. The van der Waals surface area contributed by atoms with Gasteiger partial charge in [-0.3, -0.25) is 24.6 Å². The summed E-state index contributed by atoms with van der Waals surface area (Å²) < 4.78 is 11.0. The summed E-state index contributed by atoms with van der Waals surface area (Å²) >= 11 is 2.79. The fraction of sp³-hybridized carbons (Fsp3) is 0.400. The van der Waals surface area contributed by atoms with E-state index in [1.165, 1.54) is 52.3 Å². The van der Waals surface area contributed by atoms with Crippen LogP contribution in [0.5, 0.6) is 0 Å². The smallest absolute Gasteiger partial charge is 0.357 e. The summed E-state index contributed by atoms with van der Waals surface area (Å²) in [6.45, 7) is 0.155. The zero-order valence-electron chi connectivity index (χ0n) is 20.7. The number of hydrogen-bond donors (Lipinski definition) is 3. The van der Waals surface area contributed by atoms with Gasteiger partial charge < -0.3 is 25.2 Å². The number of nitrogens with one attached hydrogen (secondary N) is 2. The highest BCUT2D eigenvalue weighted by Crippen LogP contribution is 2.41. The van der Waals surface area contributed by atoms with Crippen molar-refractivity contribution in [2.75, 3.05) is 12.4 Å². The molecule has 2 amide bonds. The minimum atomic E-state index is -1.69. The van der Waals surface area contributed by atoms with E-state index in [0.717, 1.165) is 11.3 Å². The third-order valence-electron chi connectivity index (χ3n) is 6.51. The third-order valence-corrected chi connectivity index (χ3v) is 8.66. The van der Waals surface area contributed by atoms with Crippen LogP contribution in [0.25, 0.3) is 0 Å². The van der Waals surface area contributed by atoms with Gasteiger partial charge in [0.1, 0.15) is 18.0 Å². The van der Waals surface area contributed by atoms with Gasteiger partial charge in [0.2, 0.25) is 11.8 Å². The Bertz CT molecular complexity index is 1290. The van der Waals surface area contributed by atoms with E-state index < -0.39 is 34.1 Å². The van der Waals surface area contributed by atoms with Crippen LogP contribution in [-0.2, 0) is 36.9 Å². The number of thiophene rings is 1. The van der Waals surface area contributed by atoms with Gasteiger partial charge in [-0.05, 0) is 42.0 Å². The number of thioether (sulfide) groups is 1. The number of non-ortho nitro benzene ring substituents is 1. The van der Waals surface area contributed by atoms with E-state index in [1.54, 1.807) is 0 Å². The van der Waals surface area contributed by atoms with E-state index in [9.17, 15) is 29.6 Å². The van der Waals surface area contributed by atoms with Gasteiger partial charge in [0.05, 0.1) is 23.6 Å². The van der Waals surface area contributed by atoms with E-state index in [4.69, 9.17) is 9.47 Å². The molecule has 3 atom stereocenters. The second kappa shape index (κ2) is 11.3. The molecule has 2 saturated heterocycles. The Balaban J connectivity index is 1.33. The van der Waals surface area contributed by atoms with Gasteiger partial charge in [0, 0.05) is 29.2 Å². The Labute approximate surface area is 231 Å². The number of nitro benzene ring substituents is 1. The topological polar surface area (TPSA) is 160 Å². The van der Waals surface area contributed by atoms with Crippen molar-refractivity contribution in [3.05, 3.63) is 73.7 Å². The molecule has 1 aromatic carbocycles. The van der Waals surface area contributed by atoms with Gasteiger partial charge in [0.25, 0.3) is 11.6 Å². The molecule has 12 nitrogen and oxygen atoms in total. The van der Waals surface area contributed by atoms with Gasteiger partial charge in [-0.1, -0.05) is 6.07 Å². The molecule has 1 unspecified atom stereocenters. The highest BCUT2D eigenvalue weighted by molar-refractivity contribution is 8.00. The molecule has 0 bridgehead atoms. The lowest BCUT2D eigenvalue weighted by atomic mass is 10.0. The molecule has 39 heavy (non-hydrogen) atoms. The van der Waals surface area contributed by atoms with Crippen molar-refractivity contribution in [1.29, 1.82) is 0 Å². The number of rotatable bonds is 9. The number of ether oxygens (including phenoxy) is 2. The second-order valence-corrected chi connectivity index (χ2v) is 11.4. The summed E-state index contributed by atoms with van der Waals surface area (Å²) in [5, 5.41) is 28.8. The summed E-state index contributed by atoms with van der Waals surface area (Å²) in [4.78, 5) is 51.6. The van der Waals surface area contributed by atoms with Crippen molar-refractivity contribution < 1.29 is 33.9 Å². The average Bonchev–Trinajstić information content (AvgIpc) is 3.43. The molecule has 3 aliphatic heterocycles. The van der Waals surface area contributed by atoms with Gasteiger partial charge in [-0.25, -0.2) is 4.79 Å². The van der Waals surface area contributed by atoms with E-state index in [-0.39, 0.29) is 41.8 Å². The highest BCUT2D eigenvalue weighted by Gasteiger charge is 2.55. The van der Waals surface area contributed by atoms with E-state index in [2.05, 4.69) is 10.6 Å². The van der Waals surface area contributed by atoms with Crippen LogP contribution >= 0.6 is 23.1 Å². The Morgan fingerprint density at radius 2 is 2.05 bits per heavy atom. The van der Waals surface area contributed by atoms with Crippen LogP contribution < -0.4 is 10.6 Å². The molecule has 2 aromatic rings. The number of fused-ring (bicyclic) bond motifs is 1.